The van der Waals surface area contributed by atoms with E-state index in [9.17, 15) is 0 Å². The van der Waals surface area contributed by atoms with Crippen LogP contribution < -0.4 is 0 Å². The summed E-state index contributed by atoms with van der Waals surface area (Å²) in [5.41, 5.74) is 1.13. The van der Waals surface area contributed by atoms with Gasteiger partial charge in [0.25, 0.3) is 0 Å². The second-order valence-electron chi connectivity index (χ2n) is 2.86. The molecule has 0 heterocycles. The molecule has 0 aliphatic carbocycles. The minimum atomic E-state index is 0.287. The Morgan fingerprint density at radius 2 is 2.00 bits per heavy atom. The van der Waals surface area contributed by atoms with E-state index in [4.69, 9.17) is 5.11 Å². The summed E-state index contributed by atoms with van der Waals surface area (Å²) in [6.45, 7) is 2.30. The fraction of sp³-hybridized carbons (Fsp3) is 0.875. The van der Waals surface area contributed by atoms with Crippen LogP contribution in [0, 0.1) is 0 Å². The van der Waals surface area contributed by atoms with E-state index < -0.39 is 0 Å². The summed E-state index contributed by atoms with van der Waals surface area (Å²) >= 11 is 0. The lowest BCUT2D eigenvalue weighted by molar-refractivity contribution is 0.285. The van der Waals surface area contributed by atoms with Crippen molar-refractivity contribution in [1.82, 2.24) is 5.01 Å². The molecule has 0 rings (SSSR count). The number of rotatable bonds is 5. The Morgan fingerprint density at radius 3 is 2.45 bits per heavy atom. The molecule has 0 aromatic heterocycles. The summed E-state index contributed by atoms with van der Waals surface area (Å²) in [5, 5.41) is 14.5. The molecule has 0 aromatic rings. The molecule has 0 atom stereocenters. The molecule has 3 heteroatoms. The largest absolute Gasteiger partial charge is 0.396 e. The third-order valence-electron chi connectivity index (χ3n) is 1.32. The van der Waals surface area contributed by atoms with Crippen molar-refractivity contribution in [2.75, 3.05) is 20.7 Å². The Kier molecular flexibility index (Phi) is 5.84. The smallest absolute Gasteiger partial charge is 0.0431 e. The van der Waals surface area contributed by atoms with Gasteiger partial charge in [0.2, 0.25) is 0 Å². The SMILES string of the molecule is C/C(CCCCO)=N\N(C)C. The van der Waals surface area contributed by atoms with Crippen LogP contribution in [0.2, 0.25) is 0 Å². The summed E-state index contributed by atoms with van der Waals surface area (Å²) in [4.78, 5) is 0. The number of aliphatic hydroxyl groups excluding tert-OH is 1. The normalized spacial score (nSPS) is 11.8. The zero-order valence-corrected chi connectivity index (χ0v) is 7.67. The second kappa shape index (κ2) is 6.16. The van der Waals surface area contributed by atoms with Crippen molar-refractivity contribution in [3.05, 3.63) is 0 Å². The summed E-state index contributed by atoms with van der Waals surface area (Å²) in [5.74, 6) is 0. The summed E-state index contributed by atoms with van der Waals surface area (Å²) < 4.78 is 0. The average molecular weight is 158 g/mol. The lowest BCUT2D eigenvalue weighted by atomic mass is 10.2. The zero-order chi connectivity index (χ0) is 8.69. The minimum Gasteiger partial charge on any atom is -0.396 e. The molecule has 0 bridgehead atoms. The molecule has 0 radical (unpaired) electrons. The second-order valence-corrected chi connectivity index (χ2v) is 2.86. The van der Waals surface area contributed by atoms with Crippen LogP contribution in [-0.4, -0.2) is 36.5 Å². The molecule has 0 fully saturated rings. The Morgan fingerprint density at radius 1 is 1.36 bits per heavy atom. The van der Waals surface area contributed by atoms with E-state index in [0.29, 0.717) is 0 Å². The monoisotopic (exact) mass is 158 g/mol. The molecule has 3 nitrogen and oxygen atoms in total. The van der Waals surface area contributed by atoms with Gasteiger partial charge < -0.3 is 10.1 Å². The van der Waals surface area contributed by atoms with E-state index in [1.807, 2.05) is 21.0 Å². The first-order valence-corrected chi connectivity index (χ1v) is 3.99. The Hall–Kier alpha value is -0.570. The number of aliphatic hydroxyl groups is 1. The predicted octanol–water partition coefficient (Wildman–Crippen LogP) is 1.09. The number of hydrazone groups is 1. The maximum absolute atomic E-state index is 8.51. The van der Waals surface area contributed by atoms with Gasteiger partial charge in [0.15, 0.2) is 0 Å². The van der Waals surface area contributed by atoms with Crippen LogP contribution in [0.3, 0.4) is 0 Å². The van der Waals surface area contributed by atoms with Gasteiger partial charge in [-0.25, -0.2) is 0 Å². The Bertz CT molecular complexity index is 121. The van der Waals surface area contributed by atoms with Crippen molar-refractivity contribution in [1.29, 1.82) is 0 Å². The standard InChI is InChI=1S/C8H18N2O/c1-8(9-10(2)3)6-4-5-7-11/h11H,4-7H2,1-3H3/b9-8+. The van der Waals surface area contributed by atoms with Crippen LogP contribution in [-0.2, 0) is 0 Å². The molecule has 0 aromatic carbocycles. The summed E-state index contributed by atoms with van der Waals surface area (Å²) in [7, 11) is 3.82. The number of nitrogens with zero attached hydrogens (tertiary/aromatic N) is 2. The molecule has 1 N–H and O–H groups in total. The maximum atomic E-state index is 8.51. The van der Waals surface area contributed by atoms with Crippen molar-refractivity contribution < 1.29 is 5.11 Å². The van der Waals surface area contributed by atoms with Crippen molar-refractivity contribution in [3.8, 4) is 0 Å². The maximum Gasteiger partial charge on any atom is 0.0431 e. The fourth-order valence-corrected chi connectivity index (χ4v) is 0.884. The van der Waals surface area contributed by atoms with Crippen molar-refractivity contribution in [2.24, 2.45) is 5.10 Å². The van der Waals surface area contributed by atoms with E-state index in [2.05, 4.69) is 5.10 Å². The highest BCUT2D eigenvalue weighted by molar-refractivity contribution is 5.81. The highest BCUT2D eigenvalue weighted by atomic mass is 16.2. The van der Waals surface area contributed by atoms with Gasteiger partial charge in [-0.3, -0.25) is 0 Å². The molecular formula is C8H18N2O. The molecule has 0 spiro atoms. The van der Waals surface area contributed by atoms with Gasteiger partial charge in [0.1, 0.15) is 0 Å². The number of hydrogen-bond acceptors (Lipinski definition) is 3. The topological polar surface area (TPSA) is 35.8 Å². The van der Waals surface area contributed by atoms with E-state index in [1.165, 1.54) is 0 Å². The van der Waals surface area contributed by atoms with Gasteiger partial charge in [-0.15, -0.1) is 0 Å². The number of hydrogen-bond donors (Lipinski definition) is 1. The molecule has 66 valence electrons. The Balaban J connectivity index is 3.43. The first-order chi connectivity index (χ1) is 5.16. The summed E-state index contributed by atoms with van der Waals surface area (Å²) in [6.07, 6.45) is 2.89. The van der Waals surface area contributed by atoms with Gasteiger partial charge in [-0.05, 0) is 26.2 Å². The molecule has 0 amide bonds. The van der Waals surface area contributed by atoms with Gasteiger partial charge in [-0.1, -0.05) is 0 Å². The van der Waals surface area contributed by atoms with Crippen molar-refractivity contribution in [3.63, 3.8) is 0 Å². The van der Waals surface area contributed by atoms with Gasteiger partial charge in [0.05, 0.1) is 0 Å². The summed E-state index contributed by atoms with van der Waals surface area (Å²) in [6, 6.07) is 0. The van der Waals surface area contributed by atoms with E-state index >= 15 is 0 Å². The van der Waals surface area contributed by atoms with Crippen LogP contribution in [0.1, 0.15) is 26.2 Å². The molecule has 0 unspecified atom stereocenters. The van der Waals surface area contributed by atoms with Crippen LogP contribution in [0.5, 0.6) is 0 Å². The van der Waals surface area contributed by atoms with Gasteiger partial charge in [-0.2, -0.15) is 5.10 Å². The van der Waals surface area contributed by atoms with Crippen LogP contribution in [0.15, 0.2) is 5.10 Å². The van der Waals surface area contributed by atoms with Crippen LogP contribution >= 0.6 is 0 Å². The number of unbranched alkanes of at least 4 members (excludes halogenated alkanes) is 1. The van der Waals surface area contributed by atoms with Crippen LogP contribution in [0.25, 0.3) is 0 Å². The lowest BCUT2D eigenvalue weighted by Gasteiger charge is -2.06. The van der Waals surface area contributed by atoms with Crippen molar-refractivity contribution in [2.45, 2.75) is 26.2 Å². The minimum absolute atomic E-state index is 0.287. The fourth-order valence-electron chi connectivity index (χ4n) is 0.884. The molecule has 0 aliphatic rings. The highest BCUT2D eigenvalue weighted by Gasteiger charge is 1.92. The predicted molar refractivity (Wildman–Crippen MR) is 47.7 cm³/mol. The zero-order valence-electron chi connectivity index (χ0n) is 7.67. The van der Waals surface area contributed by atoms with E-state index in [1.54, 1.807) is 5.01 Å². The molecule has 0 saturated heterocycles. The Labute approximate surface area is 68.7 Å². The first-order valence-electron chi connectivity index (χ1n) is 3.99. The highest BCUT2D eigenvalue weighted by Crippen LogP contribution is 1.97. The first kappa shape index (κ1) is 10.4. The van der Waals surface area contributed by atoms with E-state index in [0.717, 1.165) is 25.0 Å². The molecule has 0 saturated carbocycles. The van der Waals surface area contributed by atoms with Gasteiger partial charge in [0, 0.05) is 26.4 Å². The lowest BCUT2D eigenvalue weighted by Crippen LogP contribution is -2.06. The molecule has 0 aliphatic heterocycles. The molecular weight excluding hydrogens is 140 g/mol. The van der Waals surface area contributed by atoms with Crippen molar-refractivity contribution >= 4 is 5.71 Å². The quantitative estimate of drug-likeness (QED) is 0.369. The molecule has 11 heavy (non-hydrogen) atoms. The van der Waals surface area contributed by atoms with Crippen LogP contribution in [0.4, 0.5) is 0 Å². The van der Waals surface area contributed by atoms with E-state index in [-0.39, 0.29) is 6.61 Å². The third-order valence-corrected chi connectivity index (χ3v) is 1.32. The third kappa shape index (κ3) is 7.33. The average Bonchev–Trinajstić information content (AvgIpc) is 1.86. The van der Waals surface area contributed by atoms with Gasteiger partial charge >= 0.3 is 0 Å².